The highest BCUT2D eigenvalue weighted by atomic mass is 14.5. The lowest BCUT2D eigenvalue weighted by Crippen LogP contribution is -2.45. The average Bonchev–Trinajstić information content (AvgIpc) is 2.11. The summed E-state index contributed by atoms with van der Waals surface area (Å²) in [5.74, 6) is 3.43. The van der Waals surface area contributed by atoms with Crippen molar-refractivity contribution in [3.63, 3.8) is 0 Å². The molecule has 0 heteroatoms. The highest BCUT2D eigenvalue weighted by Gasteiger charge is 2.46. The second kappa shape index (κ2) is 5.08. The third-order valence-electron chi connectivity index (χ3n) is 5.80. The fourth-order valence-corrected chi connectivity index (χ4v) is 4.41. The van der Waals surface area contributed by atoms with E-state index >= 15 is 0 Å². The summed E-state index contributed by atoms with van der Waals surface area (Å²) in [6.45, 7) is 24.5. The summed E-state index contributed by atoms with van der Waals surface area (Å²) >= 11 is 0. The lowest BCUT2D eigenvalue weighted by atomic mass is 9.52. The molecule has 2 atom stereocenters. The zero-order valence-electron chi connectivity index (χ0n) is 15.2. The predicted octanol–water partition coefficient (Wildman–Crippen LogP) is 6.40. The van der Waals surface area contributed by atoms with Crippen LogP contribution in [0.4, 0.5) is 0 Å². The molecule has 2 unspecified atom stereocenters. The van der Waals surface area contributed by atoms with Crippen molar-refractivity contribution in [1.82, 2.24) is 0 Å². The van der Waals surface area contributed by atoms with Gasteiger partial charge in [0.2, 0.25) is 0 Å². The summed E-state index contributed by atoms with van der Waals surface area (Å²) in [4.78, 5) is 0. The van der Waals surface area contributed by atoms with E-state index in [1.54, 1.807) is 0 Å². The molecule has 1 saturated carbocycles. The molecule has 1 fully saturated rings. The zero-order valence-corrected chi connectivity index (χ0v) is 15.2. The van der Waals surface area contributed by atoms with Crippen LogP contribution >= 0.6 is 0 Å². The Bertz CT molecular complexity index is 267. The smallest absolute Gasteiger partial charge is 0.0334 e. The van der Waals surface area contributed by atoms with E-state index in [-0.39, 0.29) is 0 Å². The van der Waals surface area contributed by atoms with Gasteiger partial charge in [-0.3, -0.25) is 0 Å². The minimum absolute atomic E-state index is 0.437. The first kappa shape index (κ1) is 17.1. The SMILES string of the molecule is CC1C(C(C)(C)C)CC(C(C)(C)C)CC1C(C)(C)C. The fraction of sp³-hybridized carbons (Fsp3) is 1.00. The maximum atomic E-state index is 2.52. The van der Waals surface area contributed by atoms with Gasteiger partial charge in [-0.15, -0.1) is 0 Å². The van der Waals surface area contributed by atoms with E-state index in [2.05, 4.69) is 69.2 Å². The van der Waals surface area contributed by atoms with Crippen LogP contribution in [0, 0.1) is 39.9 Å². The molecule has 0 aromatic carbocycles. The number of hydrogen-bond acceptors (Lipinski definition) is 0. The minimum atomic E-state index is 0.437. The lowest BCUT2D eigenvalue weighted by molar-refractivity contribution is -0.0366. The van der Waals surface area contributed by atoms with E-state index in [9.17, 15) is 0 Å². The maximum Gasteiger partial charge on any atom is -0.0334 e. The Morgan fingerprint density at radius 1 is 0.579 bits per heavy atom. The Kier molecular flexibility index (Phi) is 4.56. The first-order chi connectivity index (χ1) is 8.24. The molecule has 0 amide bonds. The Balaban J connectivity index is 3.08. The van der Waals surface area contributed by atoms with Gasteiger partial charge < -0.3 is 0 Å². The topological polar surface area (TPSA) is 0 Å². The summed E-state index contributed by atoms with van der Waals surface area (Å²) in [5.41, 5.74) is 1.33. The van der Waals surface area contributed by atoms with Crippen molar-refractivity contribution in [2.75, 3.05) is 0 Å². The van der Waals surface area contributed by atoms with E-state index in [1.165, 1.54) is 12.8 Å². The molecule has 0 radical (unpaired) electrons. The predicted molar refractivity (Wildman–Crippen MR) is 87.2 cm³/mol. The molecule has 1 aliphatic carbocycles. The van der Waals surface area contributed by atoms with Crippen LogP contribution < -0.4 is 0 Å². The summed E-state index contributed by atoms with van der Waals surface area (Å²) in [5, 5.41) is 0. The van der Waals surface area contributed by atoms with Gasteiger partial charge in [0.1, 0.15) is 0 Å². The van der Waals surface area contributed by atoms with Crippen molar-refractivity contribution in [2.45, 2.75) is 82.1 Å². The van der Waals surface area contributed by atoms with Gasteiger partial charge >= 0.3 is 0 Å². The van der Waals surface area contributed by atoms with E-state index in [0.717, 1.165) is 23.7 Å². The molecule has 114 valence electrons. The molecule has 0 N–H and O–H groups in total. The van der Waals surface area contributed by atoms with Crippen LogP contribution in [-0.2, 0) is 0 Å². The Morgan fingerprint density at radius 2 is 0.895 bits per heavy atom. The molecular formula is C19H38. The van der Waals surface area contributed by atoms with Crippen LogP contribution in [0.3, 0.4) is 0 Å². The molecule has 1 rings (SSSR count). The summed E-state index contributed by atoms with van der Waals surface area (Å²) in [7, 11) is 0. The highest BCUT2D eigenvalue weighted by molar-refractivity contribution is 4.96. The lowest BCUT2D eigenvalue weighted by Gasteiger charge is -2.53. The van der Waals surface area contributed by atoms with Gasteiger partial charge in [-0.25, -0.2) is 0 Å². The van der Waals surface area contributed by atoms with Crippen LogP contribution in [0.1, 0.15) is 82.1 Å². The molecule has 0 heterocycles. The van der Waals surface area contributed by atoms with Crippen molar-refractivity contribution < 1.29 is 0 Å². The summed E-state index contributed by atoms with van der Waals surface area (Å²) in [6, 6.07) is 0. The largest absolute Gasteiger partial charge is 0.0619 e. The van der Waals surface area contributed by atoms with Crippen LogP contribution in [0.25, 0.3) is 0 Å². The van der Waals surface area contributed by atoms with Gasteiger partial charge in [0, 0.05) is 0 Å². The van der Waals surface area contributed by atoms with Crippen molar-refractivity contribution in [3.8, 4) is 0 Å². The monoisotopic (exact) mass is 266 g/mol. The summed E-state index contributed by atoms with van der Waals surface area (Å²) < 4.78 is 0. The van der Waals surface area contributed by atoms with Crippen LogP contribution in [0.15, 0.2) is 0 Å². The number of rotatable bonds is 0. The quantitative estimate of drug-likeness (QED) is 0.475. The maximum absolute atomic E-state index is 2.52. The third-order valence-corrected chi connectivity index (χ3v) is 5.80. The molecule has 0 spiro atoms. The van der Waals surface area contributed by atoms with E-state index < -0.39 is 0 Å². The molecule has 0 aromatic heterocycles. The molecular weight excluding hydrogens is 228 g/mol. The van der Waals surface area contributed by atoms with Crippen LogP contribution in [-0.4, -0.2) is 0 Å². The molecule has 0 aliphatic heterocycles. The zero-order chi connectivity index (χ0) is 15.2. The van der Waals surface area contributed by atoms with Gasteiger partial charge in [-0.1, -0.05) is 69.2 Å². The molecule has 19 heavy (non-hydrogen) atoms. The first-order valence-corrected chi connectivity index (χ1v) is 8.24. The van der Waals surface area contributed by atoms with Gasteiger partial charge in [0.25, 0.3) is 0 Å². The van der Waals surface area contributed by atoms with Crippen molar-refractivity contribution in [3.05, 3.63) is 0 Å². The third kappa shape index (κ3) is 3.99. The van der Waals surface area contributed by atoms with Crippen molar-refractivity contribution >= 4 is 0 Å². The second-order valence-electron chi connectivity index (χ2n) is 10.3. The number of hydrogen-bond donors (Lipinski definition) is 0. The molecule has 0 aromatic rings. The molecule has 0 saturated heterocycles. The average molecular weight is 267 g/mol. The van der Waals surface area contributed by atoms with Gasteiger partial charge in [-0.2, -0.15) is 0 Å². The van der Waals surface area contributed by atoms with Crippen molar-refractivity contribution in [1.29, 1.82) is 0 Å². The summed E-state index contributed by atoms with van der Waals surface area (Å²) in [6.07, 6.45) is 2.83. The highest BCUT2D eigenvalue weighted by Crippen LogP contribution is 2.54. The Hall–Kier alpha value is 0. The standard InChI is InChI=1S/C19H38/c1-13-15(18(5,6)7)11-14(17(2,3)4)12-16(13)19(8,9)10/h13-16H,11-12H2,1-10H3. The van der Waals surface area contributed by atoms with Gasteiger partial charge in [0.05, 0.1) is 0 Å². The molecule has 0 nitrogen and oxygen atoms in total. The van der Waals surface area contributed by atoms with Gasteiger partial charge in [0.15, 0.2) is 0 Å². The normalized spacial score (nSPS) is 34.4. The van der Waals surface area contributed by atoms with E-state index in [0.29, 0.717) is 16.2 Å². The Labute approximate surface area is 122 Å². The fourth-order valence-electron chi connectivity index (χ4n) is 4.41. The van der Waals surface area contributed by atoms with E-state index in [1.807, 2.05) is 0 Å². The van der Waals surface area contributed by atoms with Gasteiger partial charge in [-0.05, 0) is 52.8 Å². The van der Waals surface area contributed by atoms with Crippen LogP contribution in [0.5, 0.6) is 0 Å². The van der Waals surface area contributed by atoms with E-state index in [4.69, 9.17) is 0 Å². The molecule has 1 aliphatic rings. The second-order valence-corrected chi connectivity index (χ2v) is 10.3. The minimum Gasteiger partial charge on any atom is -0.0619 e. The van der Waals surface area contributed by atoms with Crippen molar-refractivity contribution in [2.24, 2.45) is 39.9 Å². The first-order valence-electron chi connectivity index (χ1n) is 8.24. The Morgan fingerprint density at radius 3 is 1.11 bits per heavy atom. The molecule has 0 bridgehead atoms. The van der Waals surface area contributed by atoms with Crippen LogP contribution in [0.2, 0.25) is 0 Å².